The van der Waals surface area contributed by atoms with Gasteiger partial charge in [-0.1, -0.05) is 6.07 Å². The second kappa shape index (κ2) is 6.67. The zero-order chi connectivity index (χ0) is 22.3. The van der Waals surface area contributed by atoms with E-state index in [0.29, 0.717) is 38.7 Å². The normalized spacial score (nSPS) is 28.8. The Morgan fingerprint density at radius 1 is 1.00 bits per heavy atom. The number of amides is 1. The van der Waals surface area contributed by atoms with E-state index < -0.39 is 43.2 Å². The molecule has 5 N–H and O–H groups in total. The molecule has 3 aliphatic rings. The number of phenols is 1. The molecule has 3 aromatic rings. The van der Waals surface area contributed by atoms with Gasteiger partial charge in [0.25, 0.3) is 5.91 Å². The molecule has 5 atom stereocenters. The first kappa shape index (κ1) is 19.5. The van der Waals surface area contributed by atoms with E-state index >= 15 is 0 Å². The number of aliphatic hydroxyl groups excluding tert-OH is 4. The van der Waals surface area contributed by atoms with Gasteiger partial charge in [-0.25, -0.2) is 0 Å². The molecule has 3 aliphatic heterocycles. The highest BCUT2D eigenvalue weighted by atomic mass is 16.7. The van der Waals surface area contributed by atoms with Crippen LogP contribution >= 0.6 is 0 Å². The van der Waals surface area contributed by atoms with Gasteiger partial charge in [0.2, 0.25) is 6.79 Å². The van der Waals surface area contributed by atoms with Crippen LogP contribution in [0.25, 0.3) is 21.5 Å². The van der Waals surface area contributed by atoms with E-state index in [1.165, 1.54) is 11.0 Å². The van der Waals surface area contributed by atoms with E-state index in [1.54, 1.807) is 24.3 Å². The summed E-state index contributed by atoms with van der Waals surface area (Å²) in [5, 5.41) is 53.1. The number of aromatic hydroxyl groups is 1. The largest absolute Gasteiger partial charge is 0.508 e. The van der Waals surface area contributed by atoms with Crippen molar-refractivity contribution in [2.24, 2.45) is 0 Å². The molecule has 0 aliphatic carbocycles. The van der Waals surface area contributed by atoms with Crippen molar-refractivity contribution in [1.29, 1.82) is 0 Å². The standard InChI is InChI=1S/C22H19NO9/c24-6-14-17(26)18(27)19(28)22(32-14)23-12-3-8-1-2-9(25)4-10(8)16-15(12)11(21(23)29)5-13-20(16)31-7-30-13/h1-5,14,17-19,22,24-28H,6-7H2/t14-,17-,18-,19-,22+/m1/s1. The van der Waals surface area contributed by atoms with Crippen LogP contribution in [0.1, 0.15) is 10.4 Å². The van der Waals surface area contributed by atoms with E-state index in [9.17, 15) is 30.3 Å². The fraction of sp³-hybridized carbons (Fsp3) is 0.318. The number of phenolic OH excluding ortho intramolecular Hbond substituents is 1. The van der Waals surface area contributed by atoms with Crippen molar-refractivity contribution in [3.63, 3.8) is 0 Å². The van der Waals surface area contributed by atoms with E-state index in [4.69, 9.17) is 14.2 Å². The molecule has 1 amide bonds. The maximum atomic E-state index is 13.5. The Labute approximate surface area is 180 Å². The first-order valence-corrected chi connectivity index (χ1v) is 10.1. The smallest absolute Gasteiger partial charge is 0.261 e. The zero-order valence-corrected chi connectivity index (χ0v) is 16.5. The summed E-state index contributed by atoms with van der Waals surface area (Å²) < 4.78 is 16.9. The maximum absolute atomic E-state index is 13.5. The van der Waals surface area contributed by atoms with Gasteiger partial charge in [-0.2, -0.15) is 0 Å². The molecule has 1 saturated heterocycles. The number of nitrogens with zero attached hydrogens (tertiary/aromatic N) is 1. The van der Waals surface area contributed by atoms with Gasteiger partial charge in [-0.15, -0.1) is 0 Å². The van der Waals surface area contributed by atoms with Gasteiger partial charge < -0.3 is 39.7 Å². The molecule has 10 nitrogen and oxygen atoms in total. The molecule has 0 saturated carbocycles. The predicted octanol–water partition coefficient (Wildman–Crippen LogP) is 0.187. The van der Waals surface area contributed by atoms with Crippen molar-refractivity contribution >= 4 is 33.1 Å². The lowest BCUT2D eigenvalue weighted by Crippen LogP contribution is -2.63. The number of hydrogen-bond donors (Lipinski definition) is 5. The molecule has 6 rings (SSSR count). The van der Waals surface area contributed by atoms with Gasteiger partial charge >= 0.3 is 0 Å². The molecule has 0 unspecified atom stereocenters. The van der Waals surface area contributed by atoms with Gasteiger partial charge in [0.15, 0.2) is 17.7 Å². The fourth-order valence-electron chi connectivity index (χ4n) is 4.82. The Morgan fingerprint density at radius 2 is 1.81 bits per heavy atom. The monoisotopic (exact) mass is 441 g/mol. The minimum Gasteiger partial charge on any atom is -0.508 e. The fourth-order valence-corrected chi connectivity index (χ4v) is 4.82. The van der Waals surface area contributed by atoms with Crippen molar-refractivity contribution in [2.45, 2.75) is 30.6 Å². The molecule has 1 fully saturated rings. The summed E-state index contributed by atoms with van der Waals surface area (Å²) in [7, 11) is 0. The lowest BCUT2D eigenvalue weighted by molar-refractivity contribution is -0.226. The Balaban J connectivity index is 1.62. The maximum Gasteiger partial charge on any atom is 0.261 e. The number of aliphatic hydroxyl groups is 4. The molecule has 3 heterocycles. The molecule has 32 heavy (non-hydrogen) atoms. The summed E-state index contributed by atoms with van der Waals surface area (Å²) in [6.07, 6.45) is -7.33. The van der Waals surface area contributed by atoms with Gasteiger partial charge in [0.1, 0.15) is 30.2 Å². The molecule has 3 aromatic carbocycles. The van der Waals surface area contributed by atoms with Gasteiger partial charge in [0.05, 0.1) is 17.9 Å². The third kappa shape index (κ3) is 2.43. The highest BCUT2D eigenvalue weighted by Crippen LogP contribution is 2.52. The van der Waals surface area contributed by atoms with Crippen LogP contribution in [0.4, 0.5) is 5.69 Å². The van der Waals surface area contributed by atoms with Crippen LogP contribution in [0.2, 0.25) is 0 Å². The topological polar surface area (TPSA) is 149 Å². The lowest BCUT2D eigenvalue weighted by atomic mass is 9.96. The van der Waals surface area contributed by atoms with E-state index in [-0.39, 0.29) is 18.1 Å². The predicted molar refractivity (Wildman–Crippen MR) is 110 cm³/mol. The number of carbonyl (C=O) groups excluding carboxylic acids is 1. The van der Waals surface area contributed by atoms with Crippen molar-refractivity contribution in [3.8, 4) is 17.2 Å². The van der Waals surface area contributed by atoms with Crippen molar-refractivity contribution in [3.05, 3.63) is 35.9 Å². The van der Waals surface area contributed by atoms with Crippen molar-refractivity contribution in [1.82, 2.24) is 0 Å². The third-order valence-electron chi connectivity index (χ3n) is 6.35. The second-order valence-electron chi connectivity index (χ2n) is 8.10. The first-order chi connectivity index (χ1) is 15.4. The van der Waals surface area contributed by atoms with E-state index in [0.717, 1.165) is 0 Å². The van der Waals surface area contributed by atoms with Crippen molar-refractivity contribution < 1.29 is 44.5 Å². The summed E-state index contributed by atoms with van der Waals surface area (Å²) >= 11 is 0. The third-order valence-corrected chi connectivity index (χ3v) is 6.35. The number of hydrogen-bond acceptors (Lipinski definition) is 9. The second-order valence-corrected chi connectivity index (χ2v) is 8.10. The number of fused-ring (bicyclic) bond motifs is 4. The highest BCUT2D eigenvalue weighted by molar-refractivity contribution is 6.31. The summed E-state index contributed by atoms with van der Waals surface area (Å²) in [4.78, 5) is 14.7. The lowest BCUT2D eigenvalue weighted by Gasteiger charge is -2.43. The van der Waals surface area contributed by atoms with Crippen LogP contribution in [0.15, 0.2) is 30.3 Å². The number of rotatable bonds is 2. The van der Waals surface area contributed by atoms with Crippen LogP contribution in [0, 0.1) is 0 Å². The summed E-state index contributed by atoms with van der Waals surface area (Å²) in [5.41, 5.74) is 0.683. The Hall–Kier alpha value is -3.15. The number of benzene rings is 3. The van der Waals surface area contributed by atoms with Crippen LogP contribution in [0.3, 0.4) is 0 Å². The van der Waals surface area contributed by atoms with Gasteiger partial charge in [0, 0.05) is 10.8 Å². The highest BCUT2D eigenvalue weighted by Gasteiger charge is 2.50. The van der Waals surface area contributed by atoms with Gasteiger partial charge in [-0.05, 0) is 35.0 Å². The molecule has 166 valence electrons. The Bertz CT molecular complexity index is 1290. The quantitative estimate of drug-likeness (QED) is 0.351. The van der Waals surface area contributed by atoms with Gasteiger partial charge in [-0.3, -0.25) is 9.69 Å². The average molecular weight is 441 g/mol. The van der Waals surface area contributed by atoms with Crippen LogP contribution in [0.5, 0.6) is 17.2 Å². The minimum absolute atomic E-state index is 0.0109. The van der Waals surface area contributed by atoms with Crippen LogP contribution in [-0.4, -0.2) is 75.5 Å². The summed E-state index contributed by atoms with van der Waals surface area (Å²) in [6, 6.07) is 8.03. The molecule has 0 bridgehead atoms. The average Bonchev–Trinajstić information content (AvgIpc) is 3.36. The minimum atomic E-state index is -1.63. The Kier molecular flexibility index (Phi) is 4.07. The van der Waals surface area contributed by atoms with Crippen molar-refractivity contribution in [2.75, 3.05) is 18.3 Å². The molecule has 10 heteroatoms. The van der Waals surface area contributed by atoms with Crippen LogP contribution in [-0.2, 0) is 4.74 Å². The molecule has 0 aromatic heterocycles. The SMILES string of the molecule is O=C1c2cc3c(c4c2c(cc2ccc(O)cc24)N1[C@H]1O[C@H](CO)[C@@H](O)[C@@H](O)[C@H]1O)OCO3. The molecule has 0 spiro atoms. The molecule has 0 radical (unpaired) electrons. The number of ether oxygens (including phenoxy) is 3. The first-order valence-electron chi connectivity index (χ1n) is 10.1. The zero-order valence-electron chi connectivity index (χ0n) is 16.5. The summed E-state index contributed by atoms with van der Waals surface area (Å²) in [6.45, 7) is -0.623. The van der Waals surface area contributed by atoms with E-state index in [2.05, 4.69) is 0 Å². The number of anilines is 1. The molecular formula is C22H19NO9. The Morgan fingerprint density at radius 3 is 2.59 bits per heavy atom. The number of carbonyl (C=O) groups is 1. The molecular weight excluding hydrogens is 422 g/mol. The van der Waals surface area contributed by atoms with E-state index in [1.807, 2.05) is 0 Å². The van der Waals surface area contributed by atoms with Crippen LogP contribution < -0.4 is 14.4 Å². The summed E-state index contributed by atoms with van der Waals surface area (Å²) in [5.74, 6) is 0.344.